The van der Waals surface area contributed by atoms with Crippen molar-refractivity contribution in [2.24, 2.45) is 0 Å². The lowest BCUT2D eigenvalue weighted by Gasteiger charge is -2.19. The Labute approximate surface area is 141 Å². The zero-order valence-electron chi connectivity index (χ0n) is 13.6. The fourth-order valence-electron chi connectivity index (χ4n) is 2.52. The van der Waals surface area contributed by atoms with Crippen molar-refractivity contribution in [3.63, 3.8) is 0 Å². The molecule has 0 aromatic heterocycles. The van der Waals surface area contributed by atoms with Crippen LogP contribution in [-0.4, -0.2) is 24.6 Å². The average Bonchev–Trinajstić information content (AvgIpc) is 3.09. The van der Waals surface area contributed by atoms with Crippen molar-refractivity contribution in [2.45, 2.75) is 13.2 Å². The van der Waals surface area contributed by atoms with Gasteiger partial charge in [0.1, 0.15) is 18.1 Å². The van der Waals surface area contributed by atoms with Gasteiger partial charge in [-0.1, -0.05) is 42.5 Å². The summed E-state index contributed by atoms with van der Waals surface area (Å²) in [5.41, 5.74) is 2.78. The van der Waals surface area contributed by atoms with Crippen LogP contribution in [0.2, 0.25) is 0 Å². The number of hydrogen-bond donors (Lipinski definition) is 1. The molecule has 0 bridgehead atoms. The van der Waals surface area contributed by atoms with E-state index in [2.05, 4.69) is 5.32 Å². The van der Waals surface area contributed by atoms with E-state index in [0.717, 1.165) is 16.9 Å². The minimum Gasteiger partial charge on any atom is -0.489 e. The van der Waals surface area contributed by atoms with Crippen LogP contribution in [0, 0.1) is 0 Å². The molecule has 0 atom stereocenters. The molecule has 5 heteroatoms. The second-order valence-electron chi connectivity index (χ2n) is 5.50. The van der Waals surface area contributed by atoms with E-state index in [-0.39, 0.29) is 5.97 Å². The second-order valence-corrected chi connectivity index (χ2v) is 5.50. The van der Waals surface area contributed by atoms with Gasteiger partial charge < -0.3 is 19.7 Å². The molecular weight excluding hydrogens is 304 g/mol. The van der Waals surface area contributed by atoms with Crippen molar-refractivity contribution in [3.05, 3.63) is 77.6 Å². The van der Waals surface area contributed by atoms with E-state index in [4.69, 9.17) is 9.47 Å². The van der Waals surface area contributed by atoms with Crippen molar-refractivity contribution in [1.29, 1.82) is 0 Å². The van der Waals surface area contributed by atoms with Crippen molar-refractivity contribution in [2.75, 3.05) is 13.8 Å². The Morgan fingerprint density at radius 1 is 1.08 bits per heavy atom. The summed E-state index contributed by atoms with van der Waals surface area (Å²) < 4.78 is 10.6. The van der Waals surface area contributed by atoms with Crippen molar-refractivity contribution < 1.29 is 14.3 Å². The van der Waals surface area contributed by atoms with Crippen molar-refractivity contribution >= 4 is 5.97 Å². The molecule has 24 heavy (non-hydrogen) atoms. The standard InChI is InChI=1S/C19H20N2O3/c1-23-19(22)18-11-20-14-21(18)12-15-7-9-17(10-8-15)24-13-16-5-3-2-4-6-16/h2-11,20H,12-14H2,1H3. The molecule has 1 heterocycles. The van der Waals surface area contributed by atoms with Crippen molar-refractivity contribution in [3.8, 4) is 5.75 Å². The molecule has 0 saturated carbocycles. The van der Waals surface area contributed by atoms with Gasteiger partial charge in [0.15, 0.2) is 0 Å². The van der Waals surface area contributed by atoms with Crippen LogP contribution >= 0.6 is 0 Å². The van der Waals surface area contributed by atoms with Gasteiger partial charge in [0.25, 0.3) is 0 Å². The first-order chi connectivity index (χ1) is 11.8. The lowest BCUT2D eigenvalue weighted by Crippen LogP contribution is -2.27. The number of nitrogens with zero attached hydrogens (tertiary/aromatic N) is 1. The molecule has 1 aliphatic rings. The van der Waals surface area contributed by atoms with Gasteiger partial charge in [0.2, 0.25) is 0 Å². The Morgan fingerprint density at radius 2 is 1.83 bits per heavy atom. The first-order valence-electron chi connectivity index (χ1n) is 7.79. The summed E-state index contributed by atoms with van der Waals surface area (Å²) in [5, 5.41) is 3.05. The molecule has 0 spiro atoms. The first kappa shape index (κ1) is 15.9. The molecule has 2 aromatic rings. The van der Waals surface area contributed by atoms with Gasteiger partial charge in [-0.15, -0.1) is 0 Å². The Bertz CT molecular complexity index is 711. The number of rotatable bonds is 6. The number of methoxy groups -OCH3 is 1. The second kappa shape index (κ2) is 7.55. The number of carbonyl (C=O) groups is 1. The summed E-state index contributed by atoms with van der Waals surface area (Å²) >= 11 is 0. The zero-order valence-corrected chi connectivity index (χ0v) is 13.6. The highest BCUT2D eigenvalue weighted by atomic mass is 16.5. The highest BCUT2D eigenvalue weighted by Crippen LogP contribution is 2.18. The molecular formula is C19H20N2O3. The molecule has 2 aromatic carbocycles. The van der Waals surface area contributed by atoms with Crippen LogP contribution in [0.5, 0.6) is 5.75 Å². The molecule has 0 fully saturated rings. The minimum absolute atomic E-state index is 0.331. The summed E-state index contributed by atoms with van der Waals surface area (Å²) in [6, 6.07) is 18.0. The Balaban J connectivity index is 1.57. The fourth-order valence-corrected chi connectivity index (χ4v) is 2.52. The molecule has 0 saturated heterocycles. The van der Waals surface area contributed by atoms with Gasteiger partial charge in [0, 0.05) is 12.7 Å². The van der Waals surface area contributed by atoms with Crippen LogP contribution in [0.25, 0.3) is 0 Å². The van der Waals surface area contributed by atoms with Crippen molar-refractivity contribution in [1.82, 2.24) is 10.2 Å². The molecule has 1 aliphatic heterocycles. The van der Waals surface area contributed by atoms with E-state index < -0.39 is 0 Å². The monoisotopic (exact) mass is 324 g/mol. The number of hydrogen-bond acceptors (Lipinski definition) is 5. The largest absolute Gasteiger partial charge is 0.489 e. The maximum atomic E-state index is 11.7. The molecule has 0 unspecified atom stereocenters. The van der Waals surface area contributed by atoms with E-state index in [1.807, 2.05) is 59.5 Å². The summed E-state index contributed by atoms with van der Waals surface area (Å²) in [6.45, 7) is 1.77. The Kier molecular flexibility index (Phi) is 5.01. The zero-order chi connectivity index (χ0) is 16.8. The van der Waals surface area contributed by atoms with Crippen LogP contribution < -0.4 is 10.1 Å². The lowest BCUT2D eigenvalue weighted by molar-refractivity contribution is -0.137. The smallest absolute Gasteiger partial charge is 0.355 e. The minimum atomic E-state index is -0.331. The topological polar surface area (TPSA) is 50.8 Å². The molecule has 0 amide bonds. The summed E-state index contributed by atoms with van der Waals surface area (Å²) in [5.74, 6) is 0.494. The van der Waals surface area contributed by atoms with Gasteiger partial charge in [-0.25, -0.2) is 4.79 Å². The third kappa shape index (κ3) is 3.87. The Hall–Kier alpha value is -2.95. The third-order valence-corrected chi connectivity index (χ3v) is 3.80. The molecule has 1 N–H and O–H groups in total. The summed E-state index contributed by atoms with van der Waals surface area (Å²) in [7, 11) is 1.39. The fraction of sp³-hybridized carbons (Fsp3) is 0.211. The number of esters is 1. The molecule has 3 rings (SSSR count). The molecule has 0 aliphatic carbocycles. The van der Waals surface area contributed by atoms with Crippen LogP contribution in [0.15, 0.2) is 66.5 Å². The number of benzene rings is 2. The molecule has 0 radical (unpaired) electrons. The number of ether oxygens (including phenoxy) is 2. The van der Waals surface area contributed by atoms with Gasteiger partial charge in [-0.3, -0.25) is 0 Å². The number of carbonyl (C=O) groups excluding carboxylic acids is 1. The normalized spacial score (nSPS) is 13.2. The van der Waals surface area contributed by atoms with Gasteiger partial charge in [-0.2, -0.15) is 0 Å². The van der Waals surface area contributed by atoms with Crippen LogP contribution in [-0.2, 0) is 22.7 Å². The van der Waals surface area contributed by atoms with Crippen LogP contribution in [0.3, 0.4) is 0 Å². The maximum absolute atomic E-state index is 11.7. The number of nitrogens with one attached hydrogen (secondary N) is 1. The van der Waals surface area contributed by atoms with E-state index in [0.29, 0.717) is 25.5 Å². The van der Waals surface area contributed by atoms with E-state index in [9.17, 15) is 4.79 Å². The SMILES string of the molecule is COC(=O)C1=CNCN1Cc1ccc(OCc2ccccc2)cc1. The Morgan fingerprint density at radius 3 is 2.54 bits per heavy atom. The predicted molar refractivity (Wildman–Crippen MR) is 90.9 cm³/mol. The van der Waals surface area contributed by atoms with E-state index >= 15 is 0 Å². The van der Waals surface area contributed by atoms with Crippen LogP contribution in [0.4, 0.5) is 0 Å². The van der Waals surface area contributed by atoms with Gasteiger partial charge >= 0.3 is 5.97 Å². The highest BCUT2D eigenvalue weighted by molar-refractivity contribution is 5.87. The highest BCUT2D eigenvalue weighted by Gasteiger charge is 2.22. The third-order valence-electron chi connectivity index (χ3n) is 3.80. The lowest BCUT2D eigenvalue weighted by atomic mass is 10.2. The molecule has 5 nitrogen and oxygen atoms in total. The van der Waals surface area contributed by atoms with Crippen LogP contribution in [0.1, 0.15) is 11.1 Å². The maximum Gasteiger partial charge on any atom is 0.355 e. The van der Waals surface area contributed by atoms with E-state index in [1.54, 1.807) is 6.20 Å². The average molecular weight is 324 g/mol. The predicted octanol–water partition coefficient (Wildman–Crippen LogP) is 2.64. The summed E-state index contributed by atoms with van der Waals surface area (Å²) in [6.07, 6.45) is 1.68. The first-order valence-corrected chi connectivity index (χ1v) is 7.79. The molecule has 124 valence electrons. The summed E-state index contributed by atoms with van der Waals surface area (Å²) in [4.78, 5) is 13.6. The quantitative estimate of drug-likeness (QED) is 0.828. The van der Waals surface area contributed by atoms with E-state index in [1.165, 1.54) is 7.11 Å². The van der Waals surface area contributed by atoms with Gasteiger partial charge in [-0.05, 0) is 23.3 Å². The van der Waals surface area contributed by atoms with Gasteiger partial charge in [0.05, 0.1) is 13.8 Å².